The second-order valence-electron chi connectivity index (χ2n) is 4.24. The van der Waals surface area contributed by atoms with E-state index in [1.165, 1.54) is 11.8 Å². The maximum absolute atomic E-state index is 10.6. The van der Waals surface area contributed by atoms with E-state index in [2.05, 4.69) is 12.0 Å². The highest BCUT2D eigenvalue weighted by Gasteiger charge is 2.13. The molecule has 2 rings (SSSR count). The molecule has 0 amide bonds. The third-order valence-corrected chi connectivity index (χ3v) is 3.96. The van der Waals surface area contributed by atoms with Gasteiger partial charge in [-0.25, -0.2) is 0 Å². The monoisotopic (exact) mass is 279 g/mol. The van der Waals surface area contributed by atoms with Gasteiger partial charge in [-0.15, -0.1) is 0 Å². The third-order valence-electron chi connectivity index (χ3n) is 2.89. The van der Waals surface area contributed by atoms with E-state index >= 15 is 0 Å². The van der Waals surface area contributed by atoms with E-state index in [9.17, 15) is 4.79 Å². The average molecular weight is 279 g/mol. The van der Waals surface area contributed by atoms with Crippen LogP contribution in [0, 0.1) is 0 Å². The Balaban J connectivity index is 2.10. The molecular weight excluding hydrogens is 262 g/mol. The van der Waals surface area contributed by atoms with Gasteiger partial charge < -0.3 is 10.8 Å². The fraction of sp³-hybridized carbons (Fsp3) is 0.385. The molecule has 1 heterocycles. The van der Waals surface area contributed by atoms with E-state index in [0.29, 0.717) is 11.5 Å². The zero-order valence-electron chi connectivity index (χ0n) is 10.7. The Labute approximate surface area is 115 Å². The number of carboxylic acids is 1. The molecule has 0 aliphatic rings. The molecule has 102 valence electrons. The maximum atomic E-state index is 10.6. The van der Waals surface area contributed by atoms with Crippen LogP contribution in [0.5, 0.6) is 0 Å². The first-order chi connectivity index (χ1) is 9.13. The van der Waals surface area contributed by atoms with Gasteiger partial charge in [0.2, 0.25) is 0 Å². The van der Waals surface area contributed by atoms with Crippen LogP contribution in [0.1, 0.15) is 12.6 Å². The Morgan fingerprint density at radius 1 is 1.53 bits per heavy atom. The number of aryl methyl sites for hydroxylation is 1. The summed E-state index contributed by atoms with van der Waals surface area (Å²) in [6, 6.07) is 7.25. The highest BCUT2D eigenvalue weighted by atomic mass is 32.2. The summed E-state index contributed by atoms with van der Waals surface area (Å²) in [6.45, 7) is 2.87. The molecule has 1 aromatic carbocycles. The summed E-state index contributed by atoms with van der Waals surface area (Å²) in [7, 11) is 0. The average Bonchev–Trinajstić information content (AvgIpc) is 2.77. The second kappa shape index (κ2) is 6.08. The molecule has 0 spiro atoms. The highest BCUT2D eigenvalue weighted by molar-refractivity contribution is 7.98. The lowest BCUT2D eigenvalue weighted by Gasteiger charge is -2.04. The molecule has 0 unspecified atom stereocenters. The summed E-state index contributed by atoms with van der Waals surface area (Å²) >= 11 is 1.50. The molecule has 1 aromatic heterocycles. The number of thioether (sulfide) groups is 1. The predicted octanol–water partition coefficient (Wildman–Crippen LogP) is 1.70. The molecule has 0 saturated heterocycles. The van der Waals surface area contributed by atoms with Gasteiger partial charge in [-0.1, -0.05) is 18.2 Å². The van der Waals surface area contributed by atoms with Gasteiger partial charge in [0.15, 0.2) is 0 Å². The number of hydrogen-bond acceptors (Lipinski definition) is 4. The van der Waals surface area contributed by atoms with Crippen LogP contribution in [0.15, 0.2) is 24.3 Å². The van der Waals surface area contributed by atoms with Crippen molar-refractivity contribution in [1.29, 1.82) is 0 Å². The van der Waals surface area contributed by atoms with Crippen molar-refractivity contribution in [3.63, 3.8) is 0 Å². The van der Waals surface area contributed by atoms with Crippen molar-refractivity contribution in [2.45, 2.75) is 25.3 Å². The van der Waals surface area contributed by atoms with Gasteiger partial charge in [-0.3, -0.25) is 9.48 Å². The molecule has 2 aromatic rings. The largest absolute Gasteiger partial charge is 0.480 e. The molecule has 0 bridgehead atoms. The van der Waals surface area contributed by atoms with Crippen LogP contribution >= 0.6 is 11.8 Å². The Morgan fingerprint density at radius 2 is 2.26 bits per heavy atom. The normalized spacial score (nSPS) is 12.7. The van der Waals surface area contributed by atoms with Crippen LogP contribution in [-0.4, -0.2) is 32.7 Å². The Hall–Kier alpha value is -1.53. The van der Waals surface area contributed by atoms with Crippen molar-refractivity contribution in [1.82, 2.24) is 9.78 Å². The van der Waals surface area contributed by atoms with E-state index in [1.807, 2.05) is 28.9 Å². The molecule has 0 aliphatic heterocycles. The molecule has 6 heteroatoms. The molecule has 0 aliphatic carbocycles. The van der Waals surface area contributed by atoms with E-state index in [4.69, 9.17) is 10.8 Å². The van der Waals surface area contributed by atoms with Gasteiger partial charge >= 0.3 is 5.97 Å². The predicted molar refractivity (Wildman–Crippen MR) is 77.2 cm³/mol. The molecule has 0 fully saturated rings. The van der Waals surface area contributed by atoms with Crippen LogP contribution < -0.4 is 5.73 Å². The zero-order valence-corrected chi connectivity index (χ0v) is 11.6. The number of aromatic nitrogens is 2. The number of hydrogen-bond donors (Lipinski definition) is 2. The number of nitrogens with two attached hydrogens (primary N) is 1. The van der Waals surface area contributed by atoms with Crippen LogP contribution in [-0.2, 0) is 17.1 Å². The highest BCUT2D eigenvalue weighted by Crippen LogP contribution is 2.22. The standard InChI is InChI=1S/C13H17N3O2S/c1-2-16-12-6-4-3-5-9(12)11(15-16)8-19-7-10(14)13(17)18/h3-6,10H,2,7-8,14H2,1H3,(H,17,18)/t10-/m1/s1. The summed E-state index contributed by atoms with van der Waals surface area (Å²) in [5.74, 6) is 0.105. The molecule has 1 atom stereocenters. The number of benzene rings is 1. The van der Waals surface area contributed by atoms with Crippen LogP contribution in [0.2, 0.25) is 0 Å². The van der Waals surface area contributed by atoms with Crippen LogP contribution in [0.3, 0.4) is 0 Å². The van der Waals surface area contributed by atoms with Crippen molar-refractivity contribution >= 4 is 28.6 Å². The van der Waals surface area contributed by atoms with E-state index in [0.717, 1.165) is 23.1 Å². The van der Waals surface area contributed by atoms with Gasteiger partial charge in [0.1, 0.15) is 6.04 Å². The Morgan fingerprint density at radius 3 is 2.95 bits per heavy atom. The SMILES string of the molecule is CCn1nc(CSC[C@@H](N)C(=O)O)c2ccccc21. The lowest BCUT2D eigenvalue weighted by molar-refractivity contribution is -0.137. The first kappa shape index (κ1) is 13.9. The van der Waals surface area contributed by atoms with E-state index in [1.54, 1.807) is 0 Å². The quantitative estimate of drug-likeness (QED) is 0.841. The minimum absolute atomic E-state index is 0.392. The number of carboxylic acid groups (broad SMARTS) is 1. The number of rotatable bonds is 6. The lowest BCUT2D eigenvalue weighted by atomic mass is 10.2. The van der Waals surface area contributed by atoms with Gasteiger partial charge in [-0.05, 0) is 13.0 Å². The maximum Gasteiger partial charge on any atom is 0.321 e. The molecule has 0 saturated carbocycles. The number of para-hydroxylation sites is 1. The lowest BCUT2D eigenvalue weighted by Crippen LogP contribution is -2.32. The Bertz CT molecular complexity index is 582. The van der Waals surface area contributed by atoms with Crippen molar-refractivity contribution in [2.75, 3.05) is 5.75 Å². The number of fused-ring (bicyclic) bond motifs is 1. The smallest absolute Gasteiger partial charge is 0.321 e. The first-order valence-corrected chi connectivity index (χ1v) is 7.29. The second-order valence-corrected chi connectivity index (χ2v) is 5.27. The van der Waals surface area contributed by atoms with Gasteiger partial charge in [0, 0.05) is 23.4 Å². The topological polar surface area (TPSA) is 81.1 Å². The summed E-state index contributed by atoms with van der Waals surface area (Å²) in [6.07, 6.45) is 0. The van der Waals surface area contributed by atoms with E-state index in [-0.39, 0.29) is 0 Å². The molecule has 5 nitrogen and oxygen atoms in total. The van der Waals surface area contributed by atoms with Crippen molar-refractivity contribution in [3.05, 3.63) is 30.0 Å². The fourth-order valence-corrected chi connectivity index (χ4v) is 2.82. The summed E-state index contributed by atoms with van der Waals surface area (Å²) in [5.41, 5.74) is 7.58. The van der Waals surface area contributed by atoms with Crippen LogP contribution in [0.4, 0.5) is 0 Å². The Kier molecular flexibility index (Phi) is 4.44. The minimum atomic E-state index is -0.962. The third kappa shape index (κ3) is 3.08. The minimum Gasteiger partial charge on any atom is -0.480 e. The van der Waals surface area contributed by atoms with Gasteiger partial charge in [0.25, 0.3) is 0 Å². The molecule has 3 N–H and O–H groups in total. The number of carbonyl (C=O) groups is 1. The van der Waals surface area contributed by atoms with Crippen LogP contribution in [0.25, 0.3) is 10.9 Å². The zero-order chi connectivity index (χ0) is 13.8. The van der Waals surface area contributed by atoms with Crippen molar-refractivity contribution < 1.29 is 9.90 Å². The first-order valence-electron chi connectivity index (χ1n) is 6.14. The fourth-order valence-electron chi connectivity index (χ4n) is 1.90. The number of nitrogens with zero attached hydrogens (tertiary/aromatic N) is 2. The van der Waals surface area contributed by atoms with Gasteiger partial charge in [-0.2, -0.15) is 16.9 Å². The summed E-state index contributed by atoms with van der Waals surface area (Å²) in [4.78, 5) is 10.6. The summed E-state index contributed by atoms with van der Waals surface area (Å²) < 4.78 is 1.96. The molecular formula is C13H17N3O2S. The summed E-state index contributed by atoms with van der Waals surface area (Å²) in [5, 5.41) is 14.4. The molecule has 0 radical (unpaired) electrons. The van der Waals surface area contributed by atoms with Crippen molar-refractivity contribution in [2.24, 2.45) is 5.73 Å². The van der Waals surface area contributed by atoms with E-state index < -0.39 is 12.0 Å². The number of aliphatic carboxylic acids is 1. The van der Waals surface area contributed by atoms with Gasteiger partial charge in [0.05, 0.1) is 11.2 Å². The van der Waals surface area contributed by atoms with Crippen molar-refractivity contribution in [3.8, 4) is 0 Å². The molecule has 19 heavy (non-hydrogen) atoms.